The molecule has 2 aliphatic heterocycles. The van der Waals surface area contributed by atoms with Crippen molar-refractivity contribution in [3.63, 3.8) is 0 Å². The highest BCUT2D eigenvalue weighted by atomic mass is 35.5. The van der Waals surface area contributed by atoms with Crippen LogP contribution in [0.4, 0.5) is 11.6 Å². The highest BCUT2D eigenvalue weighted by Crippen LogP contribution is 2.38. The summed E-state index contributed by atoms with van der Waals surface area (Å²) in [6, 6.07) is 8.32. The fraction of sp³-hybridized carbons (Fsp3) is 0.385. The van der Waals surface area contributed by atoms with Crippen molar-refractivity contribution < 1.29 is 4.74 Å². The van der Waals surface area contributed by atoms with Crippen molar-refractivity contribution in [3.8, 4) is 17.8 Å². The number of hydrogen-bond acceptors (Lipinski definition) is 8. The number of nitrogens with zero attached hydrogens (tertiary/aromatic N) is 6. The lowest BCUT2D eigenvalue weighted by Gasteiger charge is -2.35. The van der Waals surface area contributed by atoms with E-state index in [1.807, 2.05) is 24.3 Å². The summed E-state index contributed by atoms with van der Waals surface area (Å²) < 4.78 is 6.15. The fourth-order valence-electron chi connectivity index (χ4n) is 4.53. The van der Waals surface area contributed by atoms with Gasteiger partial charge in [-0.25, -0.2) is 0 Å². The van der Waals surface area contributed by atoms with Crippen molar-refractivity contribution in [2.45, 2.75) is 26.7 Å². The number of fused-ring (bicyclic) bond motifs is 1. The number of rotatable bonds is 6. The molecule has 3 aliphatic rings. The van der Waals surface area contributed by atoms with E-state index in [0.717, 1.165) is 56.4 Å². The molecule has 0 radical (unpaired) electrons. The summed E-state index contributed by atoms with van der Waals surface area (Å²) in [5.41, 5.74) is 4.68. The molecule has 2 aromatic rings. The Morgan fingerprint density at radius 2 is 1.94 bits per heavy atom. The molecule has 9 heteroatoms. The maximum atomic E-state index is 8.88. The summed E-state index contributed by atoms with van der Waals surface area (Å²) >= 11 is 6.70. The van der Waals surface area contributed by atoms with Gasteiger partial charge in [0.05, 0.1) is 17.6 Å². The highest BCUT2D eigenvalue weighted by molar-refractivity contribution is 6.33. The van der Waals surface area contributed by atoms with E-state index in [9.17, 15) is 0 Å². The molecule has 8 nitrogen and oxygen atoms in total. The Balaban J connectivity index is 1.41. The molecule has 180 valence electrons. The van der Waals surface area contributed by atoms with E-state index in [0.29, 0.717) is 29.6 Å². The smallest absolute Gasteiger partial charge is 0.325 e. The van der Waals surface area contributed by atoms with Gasteiger partial charge in [0.15, 0.2) is 0 Å². The number of halogens is 1. The zero-order chi connectivity index (χ0) is 24.4. The third kappa shape index (κ3) is 5.31. The third-order valence-electron chi connectivity index (χ3n) is 6.36. The molecule has 1 saturated heterocycles. The van der Waals surface area contributed by atoms with E-state index in [-0.39, 0.29) is 6.01 Å². The van der Waals surface area contributed by atoms with Crippen molar-refractivity contribution in [2.24, 2.45) is 4.99 Å². The number of nitriles is 1. The lowest BCUT2D eigenvalue weighted by molar-refractivity contribution is 0.262. The largest absolute Gasteiger partial charge is 0.423 e. The molecule has 5 rings (SSSR count). The van der Waals surface area contributed by atoms with Gasteiger partial charge in [0.2, 0.25) is 0 Å². The number of ether oxygens (including phenoxy) is 1. The quantitative estimate of drug-likeness (QED) is 0.629. The van der Waals surface area contributed by atoms with Crippen LogP contribution in [-0.2, 0) is 6.42 Å². The molecule has 0 spiro atoms. The van der Waals surface area contributed by atoms with Crippen LogP contribution in [-0.4, -0.2) is 60.0 Å². The van der Waals surface area contributed by atoms with Crippen molar-refractivity contribution in [1.29, 1.82) is 5.26 Å². The first kappa shape index (κ1) is 23.3. The van der Waals surface area contributed by atoms with E-state index in [1.165, 1.54) is 16.7 Å². The number of aromatic nitrogens is 2. The Kier molecular flexibility index (Phi) is 6.71. The minimum atomic E-state index is 0.233. The summed E-state index contributed by atoms with van der Waals surface area (Å²) in [5, 5.41) is 12.8. The number of nitrogens with one attached hydrogen (secondary N) is 1. The molecule has 1 aromatic heterocycles. The Morgan fingerprint density at radius 3 is 2.69 bits per heavy atom. The fourth-order valence-corrected chi connectivity index (χ4v) is 4.81. The number of benzene rings is 1. The van der Waals surface area contributed by atoms with Crippen LogP contribution in [0.2, 0.25) is 5.02 Å². The molecular formula is C26H28ClN7O. The monoisotopic (exact) mass is 489 g/mol. The maximum Gasteiger partial charge on any atom is 0.325 e. The van der Waals surface area contributed by atoms with Gasteiger partial charge in [-0.2, -0.15) is 15.2 Å². The topological polar surface area (TPSA) is 89.7 Å². The van der Waals surface area contributed by atoms with E-state index >= 15 is 0 Å². The van der Waals surface area contributed by atoms with Gasteiger partial charge in [-0.3, -0.25) is 9.89 Å². The van der Waals surface area contributed by atoms with E-state index in [1.54, 1.807) is 0 Å². The van der Waals surface area contributed by atoms with Crippen molar-refractivity contribution >= 4 is 35.1 Å². The van der Waals surface area contributed by atoms with Crippen LogP contribution in [0.25, 0.3) is 6.08 Å². The van der Waals surface area contributed by atoms with E-state index < -0.39 is 0 Å². The Labute approximate surface area is 210 Å². The standard InChI is InChI=1S/C26H28ClN7O/c1-17-12-19-4-5-21(25(27)20(19)13-17)35-26-31-23(30-22-14-18(2)16-29-22)15-24(32-26)34-10-8-33(9-11-34)7-3-6-28/h4-5,13-15H,3,7-12,16H2,1-2H3,(H,29,30,31,32). The SMILES string of the molecule is CC1=CC(Nc2cc(N3CCN(CCC#N)CC3)nc(Oc3ccc4c(c3Cl)C=C(C)C4)n2)=NC1. The normalized spacial score (nSPS) is 17.4. The van der Waals surface area contributed by atoms with Crippen LogP contribution < -0.4 is 15.0 Å². The molecule has 0 bridgehead atoms. The van der Waals surface area contributed by atoms with Crippen LogP contribution in [0.15, 0.2) is 40.4 Å². The van der Waals surface area contributed by atoms with Crippen LogP contribution in [0.3, 0.4) is 0 Å². The van der Waals surface area contributed by atoms with Gasteiger partial charge in [0.25, 0.3) is 0 Å². The molecule has 1 aromatic carbocycles. The average Bonchev–Trinajstić information content (AvgIpc) is 3.44. The molecule has 0 saturated carbocycles. The first-order chi connectivity index (χ1) is 17.0. The lowest BCUT2D eigenvalue weighted by atomic mass is 10.1. The Hall–Kier alpha value is -3.41. The summed E-state index contributed by atoms with van der Waals surface area (Å²) in [6.45, 7) is 9.01. The van der Waals surface area contributed by atoms with Gasteiger partial charge >= 0.3 is 6.01 Å². The van der Waals surface area contributed by atoms with Gasteiger partial charge in [-0.15, -0.1) is 0 Å². The lowest BCUT2D eigenvalue weighted by Crippen LogP contribution is -2.46. The molecule has 0 amide bonds. The zero-order valence-electron chi connectivity index (χ0n) is 20.0. The average molecular weight is 490 g/mol. The molecule has 1 N–H and O–H groups in total. The van der Waals surface area contributed by atoms with Crippen LogP contribution in [0.1, 0.15) is 31.4 Å². The molecule has 3 heterocycles. The predicted octanol–water partition coefficient (Wildman–Crippen LogP) is 4.69. The predicted molar refractivity (Wildman–Crippen MR) is 139 cm³/mol. The number of amidine groups is 1. The van der Waals surface area contributed by atoms with Gasteiger partial charge in [0, 0.05) is 50.8 Å². The first-order valence-electron chi connectivity index (χ1n) is 11.9. The minimum absolute atomic E-state index is 0.233. The Bertz CT molecular complexity index is 1270. The molecular weight excluding hydrogens is 462 g/mol. The van der Waals surface area contributed by atoms with E-state index in [2.05, 4.69) is 51.1 Å². The number of allylic oxidation sites excluding steroid dienone is 1. The maximum absolute atomic E-state index is 8.88. The number of aliphatic imine (C=N–C) groups is 1. The third-order valence-corrected chi connectivity index (χ3v) is 6.75. The second-order valence-corrected chi connectivity index (χ2v) is 9.55. The first-order valence-corrected chi connectivity index (χ1v) is 12.2. The second kappa shape index (κ2) is 10.1. The van der Waals surface area contributed by atoms with Gasteiger partial charge < -0.3 is 15.0 Å². The summed E-state index contributed by atoms with van der Waals surface area (Å²) in [4.78, 5) is 18.4. The summed E-state index contributed by atoms with van der Waals surface area (Å²) in [6.07, 6.45) is 5.57. The summed E-state index contributed by atoms with van der Waals surface area (Å²) in [5.74, 6) is 2.71. The van der Waals surface area contributed by atoms with Crippen molar-refractivity contribution in [2.75, 3.05) is 49.5 Å². The molecule has 1 fully saturated rings. The highest BCUT2D eigenvalue weighted by Gasteiger charge is 2.22. The number of anilines is 2. The van der Waals surface area contributed by atoms with Gasteiger partial charge in [0.1, 0.15) is 23.2 Å². The van der Waals surface area contributed by atoms with Crippen molar-refractivity contribution in [1.82, 2.24) is 14.9 Å². The number of piperazine rings is 1. The van der Waals surface area contributed by atoms with Crippen LogP contribution in [0.5, 0.6) is 11.8 Å². The second-order valence-electron chi connectivity index (χ2n) is 9.17. The van der Waals surface area contributed by atoms with Crippen LogP contribution >= 0.6 is 11.6 Å². The van der Waals surface area contributed by atoms with E-state index in [4.69, 9.17) is 26.6 Å². The van der Waals surface area contributed by atoms with Crippen molar-refractivity contribution in [3.05, 3.63) is 51.6 Å². The van der Waals surface area contributed by atoms with Crippen LogP contribution in [0, 0.1) is 11.3 Å². The number of hydrogen-bond donors (Lipinski definition) is 1. The molecule has 0 unspecified atom stereocenters. The van der Waals surface area contributed by atoms with Gasteiger partial charge in [-0.05, 0) is 43.5 Å². The molecule has 35 heavy (non-hydrogen) atoms. The zero-order valence-corrected chi connectivity index (χ0v) is 20.8. The minimum Gasteiger partial charge on any atom is -0.423 e. The Morgan fingerprint density at radius 1 is 1.11 bits per heavy atom. The molecule has 0 atom stereocenters. The summed E-state index contributed by atoms with van der Waals surface area (Å²) in [7, 11) is 0. The molecule has 1 aliphatic carbocycles. The van der Waals surface area contributed by atoms with Gasteiger partial charge in [-0.1, -0.05) is 29.3 Å².